The summed E-state index contributed by atoms with van der Waals surface area (Å²) in [5, 5.41) is 6.58. The first-order chi connectivity index (χ1) is 14.1. The number of nitrogens with one attached hydrogen (secondary N) is 2. The highest BCUT2D eigenvalue weighted by Gasteiger charge is 2.24. The molecule has 1 aliphatic rings. The molecule has 162 valence electrons. The number of aromatic nitrogens is 1. The van der Waals surface area contributed by atoms with Crippen LogP contribution in [0.4, 0.5) is 8.78 Å². The molecule has 1 aliphatic heterocycles. The molecule has 0 amide bonds. The van der Waals surface area contributed by atoms with Crippen LogP contribution in [-0.4, -0.2) is 18.1 Å². The smallest absolute Gasteiger partial charge is 0.140 e. The lowest BCUT2D eigenvalue weighted by molar-refractivity contribution is 0.392. The zero-order valence-corrected chi connectivity index (χ0v) is 18.6. The van der Waals surface area contributed by atoms with Crippen LogP contribution < -0.4 is 15.4 Å². The first kappa shape index (κ1) is 22.1. The van der Waals surface area contributed by atoms with Crippen molar-refractivity contribution in [2.45, 2.75) is 65.0 Å². The molecule has 6 heteroatoms. The molecule has 0 spiro atoms. The lowest BCUT2D eigenvalue weighted by Gasteiger charge is -2.22. The van der Waals surface area contributed by atoms with E-state index in [9.17, 15) is 4.39 Å². The zero-order chi connectivity index (χ0) is 22.1. The SMILES string of the molecule is CCC1CC(NC(C)c2cc(F)c(-c3ccc(OC)c(C(C)(C)C)n3)cc2F)=CN1. The molecular formula is C24H31F2N3O. The van der Waals surface area contributed by atoms with Crippen molar-refractivity contribution in [3.8, 4) is 17.0 Å². The van der Waals surface area contributed by atoms with Gasteiger partial charge in [-0.15, -0.1) is 0 Å². The van der Waals surface area contributed by atoms with Crippen LogP contribution >= 0.6 is 0 Å². The van der Waals surface area contributed by atoms with Crippen molar-refractivity contribution in [1.82, 2.24) is 15.6 Å². The Hall–Kier alpha value is -2.63. The summed E-state index contributed by atoms with van der Waals surface area (Å²) in [6, 6.07) is 5.95. The Kier molecular flexibility index (Phi) is 6.34. The van der Waals surface area contributed by atoms with Gasteiger partial charge in [0.1, 0.15) is 17.4 Å². The van der Waals surface area contributed by atoms with Crippen LogP contribution in [0, 0.1) is 11.6 Å². The second kappa shape index (κ2) is 8.62. The van der Waals surface area contributed by atoms with Gasteiger partial charge in [0.2, 0.25) is 0 Å². The average molecular weight is 416 g/mol. The molecule has 2 atom stereocenters. The van der Waals surface area contributed by atoms with E-state index >= 15 is 4.39 Å². The fourth-order valence-corrected chi connectivity index (χ4v) is 3.71. The van der Waals surface area contributed by atoms with Crippen LogP contribution in [0.1, 0.15) is 64.8 Å². The normalized spacial score (nSPS) is 17.3. The topological polar surface area (TPSA) is 46.2 Å². The molecule has 0 saturated carbocycles. The number of hydrogen-bond acceptors (Lipinski definition) is 4. The molecule has 2 unspecified atom stereocenters. The Morgan fingerprint density at radius 3 is 2.57 bits per heavy atom. The number of methoxy groups -OCH3 is 1. The molecular weight excluding hydrogens is 384 g/mol. The Morgan fingerprint density at radius 2 is 1.97 bits per heavy atom. The lowest BCUT2D eigenvalue weighted by atomic mass is 9.90. The lowest BCUT2D eigenvalue weighted by Crippen LogP contribution is -2.20. The van der Waals surface area contributed by atoms with E-state index in [0.29, 0.717) is 28.7 Å². The van der Waals surface area contributed by atoms with Crippen LogP contribution in [0.15, 0.2) is 36.2 Å². The van der Waals surface area contributed by atoms with Gasteiger partial charge in [-0.05, 0) is 37.6 Å². The summed E-state index contributed by atoms with van der Waals surface area (Å²) in [6.45, 7) is 9.96. The summed E-state index contributed by atoms with van der Waals surface area (Å²) >= 11 is 0. The van der Waals surface area contributed by atoms with Crippen LogP contribution in [0.5, 0.6) is 5.75 Å². The number of rotatable bonds is 6. The third kappa shape index (κ3) is 4.58. The van der Waals surface area contributed by atoms with E-state index in [1.54, 1.807) is 19.2 Å². The van der Waals surface area contributed by atoms with Crippen LogP contribution in [-0.2, 0) is 5.41 Å². The quantitative estimate of drug-likeness (QED) is 0.645. The summed E-state index contributed by atoms with van der Waals surface area (Å²) in [7, 11) is 1.58. The minimum atomic E-state index is -0.498. The predicted molar refractivity (Wildman–Crippen MR) is 116 cm³/mol. The monoisotopic (exact) mass is 415 g/mol. The molecule has 2 heterocycles. The van der Waals surface area contributed by atoms with Crippen molar-refractivity contribution in [2.24, 2.45) is 0 Å². The summed E-state index contributed by atoms with van der Waals surface area (Å²) in [6.07, 6.45) is 3.79. The van der Waals surface area contributed by atoms with E-state index in [0.717, 1.165) is 18.5 Å². The highest BCUT2D eigenvalue weighted by Crippen LogP contribution is 2.34. The maximum atomic E-state index is 15.0. The van der Waals surface area contributed by atoms with Crippen LogP contribution in [0.25, 0.3) is 11.3 Å². The van der Waals surface area contributed by atoms with E-state index in [1.165, 1.54) is 12.1 Å². The molecule has 0 aliphatic carbocycles. The average Bonchev–Trinajstić information content (AvgIpc) is 3.15. The second-order valence-electron chi connectivity index (χ2n) is 8.86. The molecule has 0 radical (unpaired) electrons. The van der Waals surface area contributed by atoms with Gasteiger partial charge < -0.3 is 15.4 Å². The molecule has 1 aromatic heterocycles. The summed E-state index contributed by atoms with van der Waals surface area (Å²) in [5.74, 6) is -0.326. The van der Waals surface area contributed by atoms with Crippen molar-refractivity contribution in [1.29, 1.82) is 0 Å². The largest absolute Gasteiger partial charge is 0.495 e. The van der Waals surface area contributed by atoms with E-state index in [2.05, 4.69) is 22.5 Å². The minimum absolute atomic E-state index is 0.143. The van der Waals surface area contributed by atoms with Crippen molar-refractivity contribution < 1.29 is 13.5 Å². The number of hydrogen-bond donors (Lipinski definition) is 2. The highest BCUT2D eigenvalue weighted by molar-refractivity contribution is 5.62. The zero-order valence-electron chi connectivity index (χ0n) is 18.6. The van der Waals surface area contributed by atoms with Crippen molar-refractivity contribution in [3.63, 3.8) is 0 Å². The summed E-state index contributed by atoms with van der Waals surface area (Å²) in [5.41, 5.74) is 2.23. The van der Waals surface area contributed by atoms with Gasteiger partial charge in [-0.3, -0.25) is 0 Å². The molecule has 4 nitrogen and oxygen atoms in total. The van der Waals surface area contributed by atoms with E-state index in [4.69, 9.17) is 4.74 Å². The fraction of sp³-hybridized carbons (Fsp3) is 0.458. The number of halogens is 2. The van der Waals surface area contributed by atoms with Gasteiger partial charge in [-0.25, -0.2) is 13.8 Å². The fourth-order valence-electron chi connectivity index (χ4n) is 3.71. The maximum Gasteiger partial charge on any atom is 0.140 e. The first-order valence-corrected chi connectivity index (χ1v) is 10.4. The number of nitrogens with zero attached hydrogens (tertiary/aromatic N) is 1. The third-order valence-electron chi connectivity index (χ3n) is 5.47. The van der Waals surface area contributed by atoms with Gasteiger partial charge in [0.05, 0.1) is 24.5 Å². The third-order valence-corrected chi connectivity index (χ3v) is 5.47. The van der Waals surface area contributed by atoms with Crippen LogP contribution in [0.2, 0.25) is 0 Å². The Balaban J connectivity index is 1.90. The highest BCUT2D eigenvalue weighted by atomic mass is 19.1. The molecule has 3 rings (SSSR count). The number of ether oxygens (including phenoxy) is 1. The summed E-state index contributed by atoms with van der Waals surface area (Å²) < 4.78 is 35.4. The van der Waals surface area contributed by atoms with Gasteiger partial charge in [0.15, 0.2) is 0 Å². The molecule has 30 heavy (non-hydrogen) atoms. The first-order valence-electron chi connectivity index (χ1n) is 10.4. The number of benzene rings is 1. The van der Waals surface area contributed by atoms with Crippen molar-refractivity contribution in [2.75, 3.05) is 7.11 Å². The maximum absolute atomic E-state index is 15.0. The molecule has 0 saturated heterocycles. The molecule has 0 fully saturated rings. The van der Waals surface area contributed by atoms with Gasteiger partial charge >= 0.3 is 0 Å². The van der Waals surface area contributed by atoms with Gasteiger partial charge in [0, 0.05) is 40.9 Å². The number of pyridine rings is 1. The van der Waals surface area contributed by atoms with E-state index in [-0.39, 0.29) is 17.0 Å². The van der Waals surface area contributed by atoms with Gasteiger partial charge in [0.25, 0.3) is 0 Å². The van der Waals surface area contributed by atoms with Crippen LogP contribution in [0.3, 0.4) is 0 Å². The molecule has 2 aromatic rings. The van der Waals surface area contributed by atoms with Crippen molar-refractivity contribution in [3.05, 3.63) is 59.1 Å². The van der Waals surface area contributed by atoms with Gasteiger partial charge in [-0.1, -0.05) is 27.7 Å². The molecule has 2 N–H and O–H groups in total. The van der Waals surface area contributed by atoms with E-state index in [1.807, 2.05) is 33.9 Å². The Labute approximate surface area is 177 Å². The Morgan fingerprint density at radius 1 is 1.23 bits per heavy atom. The second-order valence-corrected chi connectivity index (χ2v) is 8.86. The van der Waals surface area contributed by atoms with E-state index < -0.39 is 11.6 Å². The predicted octanol–water partition coefficient (Wildman–Crippen LogP) is 5.60. The minimum Gasteiger partial charge on any atom is -0.495 e. The Bertz CT molecular complexity index is 950. The molecule has 0 bridgehead atoms. The van der Waals surface area contributed by atoms with Crippen molar-refractivity contribution >= 4 is 0 Å². The summed E-state index contributed by atoms with van der Waals surface area (Å²) in [4.78, 5) is 4.60. The molecule has 1 aromatic carbocycles. The van der Waals surface area contributed by atoms with Gasteiger partial charge in [-0.2, -0.15) is 0 Å². The standard InChI is InChI=1S/C24H31F2N3O/c1-7-15-10-16(13-27-15)28-14(2)17-11-20(26)18(12-19(17)25)21-8-9-22(30-6)23(29-21)24(3,4)5/h8-9,11-15,27-28H,7,10H2,1-6H3.